The van der Waals surface area contributed by atoms with Crippen LogP contribution in [0.5, 0.6) is 0 Å². The van der Waals surface area contributed by atoms with Crippen molar-refractivity contribution in [2.75, 3.05) is 15.2 Å². The molecule has 50 valence electrons. The van der Waals surface area contributed by atoms with E-state index in [-0.39, 0.29) is 0 Å². The minimum Gasteiger partial charge on any atom is -0.321 e. The fourth-order valence-electron chi connectivity index (χ4n) is 0.0958. The highest BCUT2D eigenvalue weighted by atomic mass is 79.9. The van der Waals surface area contributed by atoms with E-state index in [4.69, 9.17) is 0 Å². The molecule has 0 unspecified atom stereocenters. The molecule has 0 bridgehead atoms. The molecule has 0 aromatic heterocycles. The van der Waals surface area contributed by atoms with Crippen molar-refractivity contribution in [3.8, 4) is 0 Å². The summed E-state index contributed by atoms with van der Waals surface area (Å²) in [6.07, 6.45) is 0. The number of halogens is 3. The Kier molecular flexibility index (Phi) is 5.42. The molecular weight excluding hydrogens is 323 g/mol. The van der Waals surface area contributed by atoms with Gasteiger partial charge in [0.2, 0.25) is 0 Å². The maximum atomic E-state index is 11.2. The fourth-order valence-corrected chi connectivity index (χ4v) is 7.76. The monoisotopic (exact) mass is 326 g/mol. The van der Waals surface area contributed by atoms with Crippen molar-refractivity contribution >= 4 is 54.9 Å². The minimum atomic E-state index is -1.91. The molecule has 0 spiro atoms. The van der Waals surface area contributed by atoms with E-state index < -0.39 is 7.14 Å². The molecular formula is C3H6Br3OP. The lowest BCUT2D eigenvalue weighted by atomic mass is 11.8. The molecule has 0 aliphatic rings. The Hall–Kier alpha value is 1.67. The molecule has 1 nitrogen and oxygen atoms in total. The molecule has 0 aliphatic carbocycles. The first kappa shape index (κ1) is 9.67. The molecule has 0 fully saturated rings. The number of hydrogen-bond acceptors (Lipinski definition) is 1. The Morgan fingerprint density at radius 3 is 1.25 bits per heavy atom. The highest BCUT2D eigenvalue weighted by Gasteiger charge is 2.15. The van der Waals surface area contributed by atoms with Crippen LogP contribution < -0.4 is 0 Å². The van der Waals surface area contributed by atoms with Crippen molar-refractivity contribution in [2.45, 2.75) is 0 Å². The summed E-state index contributed by atoms with van der Waals surface area (Å²) in [5, 5.41) is 1.78. The smallest absolute Gasteiger partial charge is 0.118 e. The third kappa shape index (κ3) is 3.00. The summed E-state index contributed by atoms with van der Waals surface area (Å²) in [6, 6.07) is 0. The van der Waals surface area contributed by atoms with E-state index in [2.05, 4.69) is 47.8 Å². The normalized spacial score (nSPS) is 11.9. The van der Waals surface area contributed by atoms with Crippen molar-refractivity contribution in [2.24, 2.45) is 0 Å². The molecule has 0 amide bonds. The summed E-state index contributed by atoms with van der Waals surface area (Å²) in [4.78, 5) is 0. The van der Waals surface area contributed by atoms with Gasteiger partial charge in [0.1, 0.15) is 7.14 Å². The van der Waals surface area contributed by atoms with Crippen molar-refractivity contribution in [1.82, 2.24) is 0 Å². The Labute approximate surface area is 74.4 Å². The van der Waals surface area contributed by atoms with Gasteiger partial charge in [0.05, 0.1) is 15.2 Å². The second-order valence-corrected chi connectivity index (χ2v) is 8.76. The molecule has 0 N–H and O–H groups in total. The highest BCUT2D eigenvalue weighted by Crippen LogP contribution is 2.49. The molecule has 8 heavy (non-hydrogen) atoms. The van der Waals surface area contributed by atoms with Crippen LogP contribution in [-0.4, -0.2) is 15.2 Å². The van der Waals surface area contributed by atoms with E-state index >= 15 is 0 Å². The van der Waals surface area contributed by atoms with Crippen LogP contribution in [0.2, 0.25) is 0 Å². The minimum absolute atomic E-state index is 0.594. The topological polar surface area (TPSA) is 17.1 Å². The van der Waals surface area contributed by atoms with Gasteiger partial charge < -0.3 is 4.57 Å². The van der Waals surface area contributed by atoms with Crippen LogP contribution in [0, 0.1) is 0 Å². The first-order valence-electron chi connectivity index (χ1n) is 1.93. The maximum Gasteiger partial charge on any atom is 0.118 e. The third-order valence-corrected chi connectivity index (χ3v) is 10.2. The summed E-state index contributed by atoms with van der Waals surface area (Å²) in [5.41, 5.74) is 0. The van der Waals surface area contributed by atoms with Crippen molar-refractivity contribution in [1.29, 1.82) is 0 Å². The Bertz CT molecular complexity index is 85.7. The molecule has 0 heterocycles. The van der Waals surface area contributed by atoms with Gasteiger partial charge in [-0.15, -0.1) is 0 Å². The van der Waals surface area contributed by atoms with Gasteiger partial charge in [-0.1, -0.05) is 47.8 Å². The van der Waals surface area contributed by atoms with Gasteiger partial charge in [-0.2, -0.15) is 0 Å². The second-order valence-electron chi connectivity index (χ2n) is 1.42. The highest BCUT2D eigenvalue weighted by molar-refractivity contribution is 9.13. The molecule has 0 radical (unpaired) electrons. The lowest BCUT2D eigenvalue weighted by molar-refractivity contribution is 0.584. The van der Waals surface area contributed by atoms with Crippen LogP contribution in [0.25, 0.3) is 0 Å². The van der Waals surface area contributed by atoms with Gasteiger partial charge in [-0.25, -0.2) is 0 Å². The van der Waals surface area contributed by atoms with Gasteiger partial charge in [-0.05, 0) is 0 Å². The van der Waals surface area contributed by atoms with E-state index in [1.165, 1.54) is 0 Å². The summed E-state index contributed by atoms with van der Waals surface area (Å²) in [7, 11) is -1.91. The first-order chi connectivity index (χ1) is 3.68. The molecule has 0 aromatic rings. The van der Waals surface area contributed by atoms with E-state index in [1.807, 2.05) is 0 Å². The molecule has 0 saturated carbocycles. The average Bonchev–Trinajstić information content (AvgIpc) is 1.87. The molecule has 0 rings (SSSR count). The molecule has 5 heteroatoms. The summed E-state index contributed by atoms with van der Waals surface area (Å²) in [6.45, 7) is 0. The Morgan fingerprint density at radius 1 is 1.00 bits per heavy atom. The lowest BCUT2D eigenvalue weighted by Gasteiger charge is -2.05. The number of rotatable bonds is 3. The zero-order valence-corrected chi connectivity index (χ0v) is 9.76. The molecule has 0 aromatic carbocycles. The zero-order valence-electron chi connectivity index (χ0n) is 4.11. The third-order valence-electron chi connectivity index (χ3n) is 0.653. The second kappa shape index (κ2) is 4.48. The average molecular weight is 329 g/mol. The summed E-state index contributed by atoms with van der Waals surface area (Å²) in [5.74, 6) is 0. The standard InChI is InChI=1S/C3H6Br3OP/c4-1-8(7,2-5)3-6/h1-3H2. The lowest BCUT2D eigenvalue weighted by Crippen LogP contribution is -1.83. The number of alkyl halides is 3. The van der Waals surface area contributed by atoms with Crippen LogP contribution >= 0.6 is 54.9 Å². The van der Waals surface area contributed by atoms with Crippen LogP contribution in [0.1, 0.15) is 0 Å². The van der Waals surface area contributed by atoms with E-state index in [0.29, 0.717) is 15.2 Å². The van der Waals surface area contributed by atoms with Gasteiger partial charge in [-0.3, -0.25) is 0 Å². The quantitative estimate of drug-likeness (QED) is 0.573. The fraction of sp³-hybridized carbons (Fsp3) is 1.00. The largest absolute Gasteiger partial charge is 0.321 e. The SMILES string of the molecule is O=P(CBr)(CBr)CBr. The zero-order chi connectivity index (χ0) is 6.62. The van der Waals surface area contributed by atoms with Crippen LogP contribution in [0.4, 0.5) is 0 Å². The van der Waals surface area contributed by atoms with Crippen molar-refractivity contribution in [3.63, 3.8) is 0 Å². The summed E-state index contributed by atoms with van der Waals surface area (Å²) >= 11 is 9.51. The number of hydrogen-bond donors (Lipinski definition) is 0. The van der Waals surface area contributed by atoms with Gasteiger partial charge >= 0.3 is 0 Å². The van der Waals surface area contributed by atoms with E-state index in [9.17, 15) is 4.57 Å². The van der Waals surface area contributed by atoms with Gasteiger partial charge in [0.15, 0.2) is 0 Å². The molecule has 0 aliphatic heterocycles. The maximum absolute atomic E-state index is 11.2. The van der Waals surface area contributed by atoms with Crippen LogP contribution in [0.15, 0.2) is 0 Å². The van der Waals surface area contributed by atoms with Gasteiger partial charge in [0.25, 0.3) is 0 Å². The predicted octanol–water partition coefficient (Wildman–Crippen LogP) is 3.41. The van der Waals surface area contributed by atoms with Crippen molar-refractivity contribution in [3.05, 3.63) is 0 Å². The van der Waals surface area contributed by atoms with Crippen molar-refractivity contribution < 1.29 is 4.57 Å². The van der Waals surface area contributed by atoms with Crippen LogP contribution in [-0.2, 0) is 4.57 Å². The van der Waals surface area contributed by atoms with Gasteiger partial charge in [0, 0.05) is 0 Å². The predicted molar refractivity (Wildman–Crippen MR) is 49.0 cm³/mol. The van der Waals surface area contributed by atoms with Crippen LogP contribution in [0.3, 0.4) is 0 Å². The molecule has 0 atom stereocenters. The Morgan fingerprint density at radius 2 is 1.25 bits per heavy atom. The summed E-state index contributed by atoms with van der Waals surface area (Å²) < 4.78 is 11.2. The first-order valence-corrected chi connectivity index (χ1v) is 7.56. The van der Waals surface area contributed by atoms with E-state index in [1.54, 1.807) is 0 Å². The Balaban J connectivity index is 3.79. The van der Waals surface area contributed by atoms with E-state index in [0.717, 1.165) is 0 Å². The molecule has 0 saturated heterocycles.